The molecule has 1 unspecified atom stereocenters. The highest BCUT2D eigenvalue weighted by Crippen LogP contribution is 2.31. The van der Waals surface area contributed by atoms with E-state index in [0.29, 0.717) is 6.54 Å². The van der Waals surface area contributed by atoms with Gasteiger partial charge < -0.3 is 0 Å². The molecule has 0 aliphatic carbocycles. The van der Waals surface area contributed by atoms with Gasteiger partial charge in [-0.25, -0.2) is 0 Å². The number of hydrogen-bond donors (Lipinski definition) is 0. The normalized spacial score (nSPS) is 23.3. The highest BCUT2D eigenvalue weighted by Gasteiger charge is 2.43. The van der Waals surface area contributed by atoms with E-state index in [1.807, 2.05) is 0 Å². The molecule has 14 heavy (non-hydrogen) atoms. The maximum Gasteiger partial charge on any atom is 0.486 e. The third-order valence-electron chi connectivity index (χ3n) is 1.37. The molecule has 0 N–H and O–H groups in total. The fourth-order valence-corrected chi connectivity index (χ4v) is 0.852. The first-order valence-electron chi connectivity index (χ1n) is 3.42. The van der Waals surface area contributed by atoms with Crippen LogP contribution in [0.3, 0.4) is 0 Å². The number of aliphatic imine (C=N–C) groups is 1. The quantitative estimate of drug-likeness (QED) is 0.486. The van der Waals surface area contributed by atoms with Gasteiger partial charge in [0, 0.05) is 0 Å². The summed E-state index contributed by atoms with van der Waals surface area (Å²) in [6, 6.07) is -1.53. The molecule has 0 aromatic heterocycles. The van der Waals surface area contributed by atoms with E-state index >= 15 is 0 Å². The van der Waals surface area contributed by atoms with Crippen LogP contribution in [0.15, 0.2) is 4.99 Å². The molecule has 1 heterocycles. The van der Waals surface area contributed by atoms with Crippen molar-refractivity contribution in [2.45, 2.75) is 24.9 Å². The van der Waals surface area contributed by atoms with Gasteiger partial charge in [0.1, 0.15) is 0 Å². The Bertz CT molecular complexity index is 229. The van der Waals surface area contributed by atoms with Gasteiger partial charge in [0.15, 0.2) is 6.34 Å². The van der Waals surface area contributed by atoms with E-state index in [2.05, 4.69) is 4.99 Å². The molecule has 0 amide bonds. The minimum Gasteiger partial charge on any atom is -0.259 e. The van der Waals surface area contributed by atoms with Crippen molar-refractivity contribution in [1.82, 2.24) is 4.90 Å². The van der Waals surface area contributed by atoms with Gasteiger partial charge in [-0.05, 0) is 0 Å². The number of rotatable bonds is 1. The zero-order valence-corrected chi connectivity index (χ0v) is 6.52. The van der Waals surface area contributed by atoms with Crippen molar-refractivity contribution >= 4 is 6.34 Å². The lowest BCUT2D eigenvalue weighted by molar-refractivity contribution is -0.206. The summed E-state index contributed by atoms with van der Waals surface area (Å²) in [6.45, 7) is 0.341. The van der Waals surface area contributed by atoms with Crippen LogP contribution in [0.4, 0.5) is 26.3 Å². The monoisotopic (exact) mass is 218 g/mol. The summed E-state index contributed by atoms with van der Waals surface area (Å²) in [5.74, 6) is 0. The molecule has 2 radical (unpaired) electrons. The van der Waals surface area contributed by atoms with Gasteiger partial charge in [-0.3, -0.25) is 9.89 Å². The van der Waals surface area contributed by atoms with Gasteiger partial charge in [-0.2, -0.15) is 26.3 Å². The van der Waals surface area contributed by atoms with E-state index in [4.69, 9.17) is 0 Å². The number of hydrogen-bond acceptors (Lipinski definition) is 2. The molecule has 1 aliphatic rings. The molecular weight excluding hydrogens is 214 g/mol. The van der Waals surface area contributed by atoms with Crippen LogP contribution in [-0.4, -0.2) is 29.8 Å². The second-order valence-electron chi connectivity index (χ2n) is 2.60. The molecule has 1 aliphatic heterocycles. The molecular formula is C6H4F6N2. The molecule has 0 bridgehead atoms. The van der Waals surface area contributed by atoms with Crippen LogP contribution in [0.25, 0.3) is 0 Å². The maximum absolute atomic E-state index is 11.9. The molecule has 2 nitrogen and oxygen atoms in total. The first kappa shape index (κ1) is 11.1. The summed E-state index contributed by atoms with van der Waals surface area (Å²) in [5.41, 5.74) is 0. The summed E-state index contributed by atoms with van der Waals surface area (Å²) < 4.78 is 70.7. The lowest BCUT2D eigenvalue weighted by Gasteiger charge is -2.17. The van der Waals surface area contributed by atoms with Crippen LogP contribution in [-0.2, 0) is 0 Å². The Morgan fingerprint density at radius 3 is 2.14 bits per heavy atom. The van der Waals surface area contributed by atoms with Crippen LogP contribution in [0, 0.1) is 6.54 Å². The lowest BCUT2D eigenvalue weighted by atomic mass is 10.2. The largest absolute Gasteiger partial charge is 0.486 e. The molecule has 0 aromatic carbocycles. The SMILES string of the molecule is FC(F)(F)CC1[CH]N(C(F)(F)F)[C]=N1. The van der Waals surface area contributed by atoms with Gasteiger partial charge in [-0.1, -0.05) is 0 Å². The van der Waals surface area contributed by atoms with Crippen LogP contribution in [0.5, 0.6) is 0 Å². The van der Waals surface area contributed by atoms with Crippen molar-refractivity contribution in [2.75, 3.05) is 0 Å². The lowest BCUT2D eigenvalue weighted by Crippen LogP contribution is -2.34. The molecule has 1 rings (SSSR count). The molecule has 0 fully saturated rings. The molecule has 0 aromatic rings. The Morgan fingerprint density at radius 2 is 1.79 bits per heavy atom. The zero-order chi connectivity index (χ0) is 11.0. The first-order chi connectivity index (χ1) is 6.18. The minimum atomic E-state index is -4.76. The maximum atomic E-state index is 11.9. The zero-order valence-electron chi connectivity index (χ0n) is 6.52. The molecule has 0 spiro atoms. The summed E-state index contributed by atoms with van der Waals surface area (Å²) in [6.07, 6.45) is -9.26. The highest BCUT2D eigenvalue weighted by atomic mass is 19.4. The van der Waals surface area contributed by atoms with Crippen molar-refractivity contribution in [3.8, 4) is 0 Å². The Morgan fingerprint density at radius 1 is 1.21 bits per heavy atom. The van der Waals surface area contributed by atoms with Crippen molar-refractivity contribution in [3.05, 3.63) is 6.54 Å². The van der Waals surface area contributed by atoms with Gasteiger partial charge in [0.2, 0.25) is 0 Å². The van der Waals surface area contributed by atoms with E-state index in [1.54, 1.807) is 0 Å². The Balaban J connectivity index is 2.48. The van der Waals surface area contributed by atoms with E-state index in [9.17, 15) is 26.3 Å². The van der Waals surface area contributed by atoms with Gasteiger partial charge in [-0.15, -0.1) is 0 Å². The first-order valence-corrected chi connectivity index (χ1v) is 3.42. The predicted octanol–water partition coefficient (Wildman–Crippen LogP) is 2.21. The molecule has 0 saturated heterocycles. The number of nitrogens with zero attached hydrogens (tertiary/aromatic N) is 2. The summed E-state index contributed by atoms with van der Waals surface area (Å²) >= 11 is 0. The second-order valence-corrected chi connectivity index (χ2v) is 2.60. The van der Waals surface area contributed by atoms with Crippen molar-refractivity contribution < 1.29 is 26.3 Å². The van der Waals surface area contributed by atoms with Crippen molar-refractivity contribution in [3.63, 3.8) is 0 Å². The summed E-state index contributed by atoms with van der Waals surface area (Å²) in [5, 5.41) is 0. The number of alkyl halides is 6. The number of halogens is 6. The fraction of sp³-hybridized carbons (Fsp3) is 0.667. The minimum absolute atomic E-state index is 0.341. The highest BCUT2D eigenvalue weighted by molar-refractivity contribution is 5.60. The third-order valence-corrected chi connectivity index (χ3v) is 1.37. The Kier molecular flexibility index (Phi) is 2.64. The second kappa shape index (κ2) is 3.32. The topological polar surface area (TPSA) is 15.6 Å². The molecule has 8 heteroatoms. The molecule has 80 valence electrons. The van der Waals surface area contributed by atoms with Crippen LogP contribution >= 0.6 is 0 Å². The summed E-state index contributed by atoms with van der Waals surface area (Å²) in [7, 11) is 0. The van der Waals surface area contributed by atoms with E-state index < -0.39 is 29.8 Å². The Hall–Kier alpha value is -0.950. The average Bonchev–Trinajstić information content (AvgIpc) is 2.29. The van der Waals surface area contributed by atoms with E-state index in [0.717, 1.165) is 0 Å². The van der Waals surface area contributed by atoms with Crippen molar-refractivity contribution in [2.24, 2.45) is 4.99 Å². The van der Waals surface area contributed by atoms with Gasteiger partial charge >= 0.3 is 12.5 Å². The third kappa shape index (κ3) is 3.08. The van der Waals surface area contributed by atoms with E-state index in [1.165, 1.54) is 6.34 Å². The standard InChI is InChI=1S/C6H4F6N2/c7-5(8,9)1-4-2-14(3-13-4)6(10,11)12/h2,4H,1H2. The molecule has 1 atom stereocenters. The molecule has 0 saturated carbocycles. The average molecular weight is 218 g/mol. The van der Waals surface area contributed by atoms with Crippen LogP contribution in [0.1, 0.15) is 6.42 Å². The van der Waals surface area contributed by atoms with E-state index in [-0.39, 0.29) is 0 Å². The smallest absolute Gasteiger partial charge is 0.259 e. The van der Waals surface area contributed by atoms with Crippen LogP contribution < -0.4 is 0 Å². The van der Waals surface area contributed by atoms with Crippen LogP contribution in [0.2, 0.25) is 0 Å². The predicted molar refractivity (Wildman–Crippen MR) is 34.1 cm³/mol. The fourth-order valence-electron chi connectivity index (χ4n) is 0.852. The van der Waals surface area contributed by atoms with Gasteiger partial charge in [0.25, 0.3) is 0 Å². The van der Waals surface area contributed by atoms with Crippen molar-refractivity contribution in [1.29, 1.82) is 0 Å². The Labute approximate surface area is 75.2 Å². The summed E-state index contributed by atoms with van der Waals surface area (Å²) in [4.78, 5) is 2.54. The van der Waals surface area contributed by atoms with Gasteiger partial charge in [0.05, 0.1) is 19.0 Å².